The molecular weight excluding hydrogens is 367 g/mol. The molecule has 1 amide bonds. The highest BCUT2D eigenvalue weighted by atomic mass is 19.1. The van der Waals surface area contributed by atoms with Crippen LogP contribution in [0.15, 0.2) is 24.3 Å². The van der Waals surface area contributed by atoms with Crippen LogP contribution in [-0.4, -0.2) is 81.3 Å². The molecule has 1 aliphatic rings. The average Bonchev–Trinajstić information content (AvgIpc) is 2.72. The van der Waals surface area contributed by atoms with E-state index < -0.39 is 5.82 Å². The average molecular weight is 396 g/mol. The number of methoxy groups -OCH3 is 1. The topological polar surface area (TPSA) is 68.3 Å². The molecular formula is C20H29FN2O5. The van der Waals surface area contributed by atoms with E-state index in [0.717, 1.165) is 12.8 Å². The predicted molar refractivity (Wildman–Crippen MR) is 102 cm³/mol. The van der Waals surface area contributed by atoms with E-state index in [9.17, 15) is 14.0 Å². The van der Waals surface area contributed by atoms with Crippen molar-refractivity contribution >= 4 is 11.9 Å². The van der Waals surface area contributed by atoms with Crippen LogP contribution in [0.4, 0.5) is 4.39 Å². The summed E-state index contributed by atoms with van der Waals surface area (Å²) in [7, 11) is 3.05. The lowest BCUT2D eigenvalue weighted by atomic mass is 10.1. The number of ether oxygens (including phenoxy) is 3. The second-order valence-corrected chi connectivity index (χ2v) is 6.73. The molecule has 0 unspecified atom stereocenters. The molecule has 0 N–H and O–H groups in total. The van der Waals surface area contributed by atoms with Crippen LogP contribution >= 0.6 is 0 Å². The zero-order chi connectivity index (χ0) is 20.4. The Morgan fingerprint density at radius 1 is 1.21 bits per heavy atom. The maximum atomic E-state index is 13.6. The van der Waals surface area contributed by atoms with Crippen LogP contribution in [0, 0.1) is 5.82 Å². The van der Waals surface area contributed by atoms with Gasteiger partial charge in [0.2, 0.25) is 5.91 Å². The number of benzene rings is 1. The van der Waals surface area contributed by atoms with Gasteiger partial charge in [0.1, 0.15) is 6.61 Å². The molecule has 7 nitrogen and oxygen atoms in total. The number of carbonyl (C=O) groups is 2. The van der Waals surface area contributed by atoms with Gasteiger partial charge in [0, 0.05) is 32.8 Å². The third kappa shape index (κ3) is 7.09. The summed E-state index contributed by atoms with van der Waals surface area (Å²) in [6, 6.07) is 6.37. The quantitative estimate of drug-likeness (QED) is 0.561. The van der Waals surface area contributed by atoms with E-state index in [2.05, 4.69) is 0 Å². The summed E-state index contributed by atoms with van der Waals surface area (Å²) in [5, 5.41) is 0. The number of nitrogens with zero attached hydrogens (tertiary/aromatic N) is 2. The number of carbonyl (C=O) groups excluding carboxylic acids is 2. The lowest BCUT2D eigenvalue weighted by Crippen LogP contribution is -2.47. The molecule has 0 radical (unpaired) electrons. The van der Waals surface area contributed by atoms with Crippen LogP contribution in [0.25, 0.3) is 0 Å². The first-order chi connectivity index (χ1) is 13.5. The predicted octanol–water partition coefficient (Wildman–Crippen LogP) is 1.71. The minimum absolute atomic E-state index is 0.0755. The summed E-state index contributed by atoms with van der Waals surface area (Å²) in [6.07, 6.45) is 1.89. The Kier molecular flexibility index (Phi) is 9.16. The Morgan fingerprint density at radius 2 is 1.93 bits per heavy atom. The molecule has 0 atom stereocenters. The van der Waals surface area contributed by atoms with Crippen LogP contribution in [0.3, 0.4) is 0 Å². The fourth-order valence-corrected chi connectivity index (χ4v) is 3.05. The Labute approximate surface area is 165 Å². The zero-order valence-electron chi connectivity index (χ0n) is 16.6. The number of para-hydroxylation sites is 1. The first-order valence-electron chi connectivity index (χ1n) is 9.51. The smallest absolute Gasteiger partial charge is 0.306 e. The Morgan fingerprint density at radius 3 is 2.61 bits per heavy atom. The molecule has 1 aliphatic heterocycles. The van der Waals surface area contributed by atoms with Crippen molar-refractivity contribution in [2.45, 2.75) is 25.3 Å². The lowest BCUT2D eigenvalue weighted by Gasteiger charge is -2.34. The third-order valence-corrected chi connectivity index (χ3v) is 4.82. The second-order valence-electron chi connectivity index (χ2n) is 6.73. The van der Waals surface area contributed by atoms with E-state index >= 15 is 0 Å². The summed E-state index contributed by atoms with van der Waals surface area (Å²) in [6.45, 7) is 2.51. The van der Waals surface area contributed by atoms with Gasteiger partial charge in [0.05, 0.1) is 26.6 Å². The minimum atomic E-state index is -0.426. The molecule has 0 bridgehead atoms. The largest absolute Gasteiger partial charge is 0.489 e. The van der Waals surface area contributed by atoms with Gasteiger partial charge in [0.15, 0.2) is 11.6 Å². The SMILES string of the molecule is COC(=O)CCN(CC(=O)N(C)CCOc1ccccc1F)C1CCOCC1. The highest BCUT2D eigenvalue weighted by molar-refractivity contribution is 5.78. The van der Waals surface area contributed by atoms with Crippen LogP contribution in [0.5, 0.6) is 5.75 Å². The van der Waals surface area contributed by atoms with Gasteiger partial charge in [-0.15, -0.1) is 0 Å². The number of hydrogen-bond acceptors (Lipinski definition) is 6. The van der Waals surface area contributed by atoms with Crippen molar-refractivity contribution in [3.8, 4) is 5.75 Å². The Balaban J connectivity index is 1.84. The third-order valence-electron chi connectivity index (χ3n) is 4.82. The number of hydrogen-bond donors (Lipinski definition) is 0. The van der Waals surface area contributed by atoms with E-state index in [1.54, 1.807) is 30.1 Å². The van der Waals surface area contributed by atoms with Crippen molar-refractivity contribution in [2.75, 3.05) is 53.6 Å². The van der Waals surface area contributed by atoms with Crippen molar-refractivity contribution in [3.63, 3.8) is 0 Å². The number of esters is 1. The van der Waals surface area contributed by atoms with Crippen LogP contribution in [0.1, 0.15) is 19.3 Å². The molecule has 8 heteroatoms. The first-order valence-corrected chi connectivity index (χ1v) is 9.51. The van der Waals surface area contributed by atoms with Crippen molar-refractivity contribution in [1.82, 2.24) is 9.80 Å². The van der Waals surface area contributed by atoms with Crippen molar-refractivity contribution in [2.24, 2.45) is 0 Å². The number of halogens is 1. The highest BCUT2D eigenvalue weighted by Gasteiger charge is 2.25. The maximum absolute atomic E-state index is 13.6. The highest BCUT2D eigenvalue weighted by Crippen LogP contribution is 2.16. The van der Waals surface area contributed by atoms with Crippen molar-refractivity contribution in [1.29, 1.82) is 0 Å². The van der Waals surface area contributed by atoms with Crippen molar-refractivity contribution < 1.29 is 28.2 Å². The molecule has 0 saturated carbocycles. The summed E-state index contributed by atoms with van der Waals surface area (Å²) >= 11 is 0. The van der Waals surface area contributed by atoms with E-state index in [1.165, 1.54) is 13.2 Å². The standard InChI is InChI=1S/C20H29FN2O5/c1-22(11-14-28-18-6-4-3-5-17(18)21)19(24)15-23(10-7-20(25)26-2)16-8-12-27-13-9-16/h3-6,16H,7-15H2,1-2H3. The van der Waals surface area contributed by atoms with Gasteiger partial charge in [-0.2, -0.15) is 0 Å². The molecule has 1 saturated heterocycles. The van der Waals surface area contributed by atoms with Gasteiger partial charge in [0.25, 0.3) is 0 Å². The monoisotopic (exact) mass is 396 g/mol. The van der Waals surface area contributed by atoms with Crippen LogP contribution < -0.4 is 4.74 Å². The molecule has 0 aromatic heterocycles. The molecule has 0 aliphatic carbocycles. The fourth-order valence-electron chi connectivity index (χ4n) is 3.05. The minimum Gasteiger partial charge on any atom is -0.489 e. The number of likely N-dealkylation sites (N-methyl/N-ethyl adjacent to an activating group) is 1. The second kappa shape index (κ2) is 11.6. The molecule has 2 rings (SSSR count). The molecule has 0 spiro atoms. The normalized spacial score (nSPS) is 14.7. The summed E-state index contributed by atoms with van der Waals surface area (Å²) in [5.74, 6) is -0.625. The van der Waals surface area contributed by atoms with Gasteiger partial charge >= 0.3 is 5.97 Å². The summed E-state index contributed by atoms with van der Waals surface area (Å²) in [5.41, 5.74) is 0. The van der Waals surface area contributed by atoms with Gasteiger partial charge < -0.3 is 19.1 Å². The molecule has 1 fully saturated rings. The van der Waals surface area contributed by atoms with Crippen LogP contribution in [-0.2, 0) is 19.1 Å². The molecule has 1 aromatic carbocycles. The van der Waals surface area contributed by atoms with Gasteiger partial charge in [-0.05, 0) is 25.0 Å². The molecule has 1 aromatic rings. The van der Waals surface area contributed by atoms with Gasteiger partial charge in [-0.25, -0.2) is 4.39 Å². The summed E-state index contributed by atoms with van der Waals surface area (Å²) < 4.78 is 29.1. The molecule has 156 valence electrons. The van der Waals surface area contributed by atoms with E-state index in [4.69, 9.17) is 14.2 Å². The number of amides is 1. The van der Waals surface area contributed by atoms with Crippen LogP contribution in [0.2, 0.25) is 0 Å². The molecule has 1 heterocycles. The van der Waals surface area contributed by atoms with Crippen molar-refractivity contribution in [3.05, 3.63) is 30.1 Å². The van der Waals surface area contributed by atoms with Gasteiger partial charge in [-0.3, -0.25) is 14.5 Å². The molecule has 28 heavy (non-hydrogen) atoms. The first kappa shape index (κ1) is 22.1. The zero-order valence-corrected chi connectivity index (χ0v) is 16.6. The van der Waals surface area contributed by atoms with Gasteiger partial charge in [-0.1, -0.05) is 12.1 Å². The lowest BCUT2D eigenvalue weighted by molar-refractivity contribution is -0.142. The number of rotatable bonds is 10. The Hall–Kier alpha value is -2.19. The maximum Gasteiger partial charge on any atom is 0.306 e. The van der Waals surface area contributed by atoms with E-state index in [0.29, 0.717) is 26.3 Å². The Bertz CT molecular complexity index is 637. The summed E-state index contributed by atoms with van der Waals surface area (Å²) in [4.78, 5) is 27.7. The fraction of sp³-hybridized carbons (Fsp3) is 0.600. The van der Waals surface area contributed by atoms with E-state index in [1.807, 2.05) is 4.90 Å². The van der Waals surface area contributed by atoms with E-state index in [-0.39, 0.29) is 43.2 Å².